The number of carboxylic acid groups (broad SMARTS) is 1. The van der Waals surface area contributed by atoms with E-state index in [0.717, 1.165) is 49.3 Å². The quantitative estimate of drug-likeness (QED) is 0.372. The summed E-state index contributed by atoms with van der Waals surface area (Å²) >= 11 is 7.07. The molecule has 1 saturated carbocycles. The molecule has 1 aromatic heterocycles. The molecule has 34 heavy (non-hydrogen) atoms. The number of nitrogens with zero attached hydrogens (tertiary/aromatic N) is 3. The second kappa shape index (κ2) is 10.4. The number of thioether (sulfide) groups is 1. The lowest BCUT2D eigenvalue weighted by Crippen LogP contribution is -2.55. The Morgan fingerprint density at radius 3 is 2.35 bits per heavy atom. The van der Waals surface area contributed by atoms with Crippen LogP contribution in [0.25, 0.3) is 0 Å². The molecule has 0 amide bonds. The van der Waals surface area contributed by atoms with Gasteiger partial charge in [-0.3, -0.25) is 4.68 Å². The van der Waals surface area contributed by atoms with Gasteiger partial charge in [0, 0.05) is 18.5 Å². The zero-order valence-electron chi connectivity index (χ0n) is 18.6. The van der Waals surface area contributed by atoms with Crippen molar-refractivity contribution in [3.05, 3.63) is 28.6 Å². The number of likely N-dealkylation sites (tertiary alicyclic amines) is 1. The molecule has 1 saturated heterocycles. The van der Waals surface area contributed by atoms with Gasteiger partial charge in [0.25, 0.3) is 12.9 Å². The summed E-state index contributed by atoms with van der Waals surface area (Å²) < 4.78 is 53.4. The maximum Gasteiger partial charge on any atom is 0.352 e. The molecule has 3 aliphatic rings. The van der Waals surface area contributed by atoms with Gasteiger partial charge in [0.1, 0.15) is 17.1 Å². The van der Waals surface area contributed by atoms with Crippen LogP contribution in [0.1, 0.15) is 69.2 Å². The number of carboxylic acids is 1. The lowest BCUT2D eigenvalue weighted by atomic mass is 9.74. The number of rotatable bonds is 7. The highest BCUT2D eigenvalue weighted by Gasteiger charge is 2.50. The topological polar surface area (TPSA) is 70.4 Å². The van der Waals surface area contributed by atoms with Gasteiger partial charge in [0.05, 0.1) is 16.4 Å². The van der Waals surface area contributed by atoms with E-state index >= 15 is 0 Å². The van der Waals surface area contributed by atoms with Gasteiger partial charge in [-0.1, -0.05) is 31.5 Å². The van der Waals surface area contributed by atoms with E-state index in [0.29, 0.717) is 24.0 Å². The Morgan fingerprint density at radius 1 is 1.15 bits per heavy atom. The highest BCUT2D eigenvalue weighted by Crippen LogP contribution is 2.51. The van der Waals surface area contributed by atoms with E-state index < -0.39 is 30.2 Å². The zero-order chi connectivity index (χ0) is 24.5. The summed E-state index contributed by atoms with van der Waals surface area (Å²) in [6.07, 6.45) is 1.26. The first-order valence-electron chi connectivity index (χ1n) is 11.5. The van der Waals surface area contributed by atoms with Crippen molar-refractivity contribution in [1.29, 1.82) is 0 Å². The minimum atomic E-state index is -2.93. The Kier molecular flexibility index (Phi) is 7.75. The molecule has 1 aliphatic carbocycles. The second-order valence-corrected chi connectivity index (χ2v) is 10.7. The zero-order valence-corrected chi connectivity index (χ0v) is 20.2. The van der Waals surface area contributed by atoms with Crippen LogP contribution in [0.15, 0.2) is 17.2 Å². The maximum absolute atomic E-state index is 13.3. The molecule has 6 nitrogen and oxygen atoms in total. The standard InChI is InChI=1S/C22H28F4N4O2S2/c23-19(24)15-10-17(20(25)26)30(28-15)11-18(33)29-8-6-14(7-9-29)22(13-4-2-1-3-5-13)27-16(12-34-22)21(31)32/h10,12-14,19-20,27H,1-9,11H2,(H,31,32). The third kappa shape index (κ3) is 5.07. The van der Waals surface area contributed by atoms with Gasteiger partial charge >= 0.3 is 5.97 Å². The molecule has 1 atom stereocenters. The summed E-state index contributed by atoms with van der Waals surface area (Å²) in [5.41, 5.74) is -1.01. The molecule has 4 rings (SSSR count). The van der Waals surface area contributed by atoms with Crippen molar-refractivity contribution in [3.8, 4) is 0 Å². The third-order valence-electron chi connectivity index (χ3n) is 7.16. The number of hydrogen-bond donors (Lipinski definition) is 2. The fraction of sp³-hybridized carbons (Fsp3) is 0.682. The van der Waals surface area contributed by atoms with Gasteiger partial charge < -0.3 is 15.3 Å². The number of carbonyl (C=O) groups is 1. The lowest BCUT2D eigenvalue weighted by molar-refractivity contribution is -0.133. The van der Waals surface area contributed by atoms with Gasteiger partial charge in [-0.15, -0.1) is 11.8 Å². The average molecular weight is 521 g/mol. The van der Waals surface area contributed by atoms with Crippen molar-refractivity contribution < 1.29 is 27.5 Å². The van der Waals surface area contributed by atoms with Gasteiger partial charge in [0.15, 0.2) is 0 Å². The number of piperidine rings is 1. The fourth-order valence-corrected chi connectivity index (χ4v) is 7.24. The third-order valence-corrected chi connectivity index (χ3v) is 9.06. The summed E-state index contributed by atoms with van der Waals surface area (Å²) in [4.78, 5) is 13.6. The van der Waals surface area contributed by atoms with Crippen molar-refractivity contribution in [2.24, 2.45) is 11.8 Å². The van der Waals surface area contributed by atoms with Crippen molar-refractivity contribution >= 4 is 34.9 Å². The molecule has 3 heterocycles. The highest BCUT2D eigenvalue weighted by atomic mass is 32.2. The summed E-state index contributed by atoms with van der Waals surface area (Å²) in [6, 6.07) is 0.730. The Bertz CT molecular complexity index is 943. The molecule has 0 spiro atoms. The van der Waals surface area contributed by atoms with E-state index in [9.17, 15) is 27.5 Å². The van der Waals surface area contributed by atoms with Crippen LogP contribution in [0.5, 0.6) is 0 Å². The number of halogens is 4. The van der Waals surface area contributed by atoms with Crippen molar-refractivity contribution in [1.82, 2.24) is 20.0 Å². The largest absolute Gasteiger partial charge is 0.477 e. The van der Waals surface area contributed by atoms with Gasteiger partial charge in [-0.2, -0.15) is 5.10 Å². The molecule has 0 radical (unpaired) electrons. The monoisotopic (exact) mass is 520 g/mol. The summed E-state index contributed by atoms with van der Waals surface area (Å²) in [7, 11) is 0. The van der Waals surface area contributed by atoms with Crippen LogP contribution in [-0.2, 0) is 11.3 Å². The number of thiocarbonyl (C=S) groups is 1. The predicted molar refractivity (Wildman–Crippen MR) is 125 cm³/mol. The Hall–Kier alpha value is -1.82. The summed E-state index contributed by atoms with van der Waals surface area (Å²) in [5.74, 6) is -0.367. The van der Waals surface area contributed by atoms with E-state index in [1.807, 2.05) is 4.90 Å². The normalized spacial score (nSPS) is 24.5. The van der Waals surface area contributed by atoms with Crippen molar-refractivity contribution in [2.75, 3.05) is 13.1 Å². The van der Waals surface area contributed by atoms with Gasteiger partial charge in [-0.05, 0) is 43.6 Å². The molecule has 1 unspecified atom stereocenters. The molecular weight excluding hydrogens is 492 g/mol. The molecule has 12 heteroatoms. The number of alkyl halides is 4. The lowest BCUT2D eigenvalue weighted by Gasteiger charge is -2.48. The van der Waals surface area contributed by atoms with Crippen LogP contribution in [0.4, 0.5) is 17.6 Å². The molecule has 0 aromatic carbocycles. The second-order valence-electron chi connectivity index (χ2n) is 9.12. The van der Waals surface area contributed by atoms with Gasteiger partial charge in [-0.25, -0.2) is 22.4 Å². The molecule has 2 fully saturated rings. The van der Waals surface area contributed by atoms with E-state index in [1.165, 1.54) is 6.42 Å². The van der Waals surface area contributed by atoms with E-state index in [-0.39, 0.29) is 23.0 Å². The Morgan fingerprint density at radius 2 is 1.79 bits per heavy atom. The minimum absolute atomic E-state index is 0.155. The van der Waals surface area contributed by atoms with E-state index in [4.69, 9.17) is 12.2 Å². The number of aliphatic carboxylic acids is 1. The minimum Gasteiger partial charge on any atom is -0.477 e. The molecule has 1 aromatic rings. The van der Waals surface area contributed by atoms with Crippen LogP contribution >= 0.6 is 24.0 Å². The first kappa shape index (κ1) is 25.3. The maximum atomic E-state index is 13.3. The van der Waals surface area contributed by atoms with Crippen LogP contribution in [0.2, 0.25) is 0 Å². The van der Waals surface area contributed by atoms with Gasteiger partial charge in [0.2, 0.25) is 0 Å². The first-order valence-corrected chi connectivity index (χ1v) is 12.8. The summed E-state index contributed by atoms with van der Waals surface area (Å²) in [5, 5.41) is 18.2. The molecule has 188 valence electrons. The number of hydrogen-bond acceptors (Lipinski definition) is 5. The summed E-state index contributed by atoms with van der Waals surface area (Å²) in [6.45, 7) is 1.03. The number of aromatic nitrogens is 2. The number of nitrogens with one attached hydrogen (secondary N) is 1. The van der Waals surface area contributed by atoms with Crippen LogP contribution < -0.4 is 5.32 Å². The Labute approximate surface area is 205 Å². The predicted octanol–water partition coefficient (Wildman–Crippen LogP) is 5.34. The van der Waals surface area contributed by atoms with Crippen molar-refractivity contribution in [2.45, 2.75) is 69.2 Å². The smallest absolute Gasteiger partial charge is 0.352 e. The van der Waals surface area contributed by atoms with Crippen LogP contribution in [-0.4, -0.2) is 48.7 Å². The molecule has 0 bridgehead atoms. The Balaban J connectivity index is 1.43. The van der Waals surface area contributed by atoms with Crippen LogP contribution in [0.3, 0.4) is 0 Å². The van der Waals surface area contributed by atoms with Crippen molar-refractivity contribution in [3.63, 3.8) is 0 Å². The first-order chi connectivity index (χ1) is 16.2. The molecular formula is C22H28F4N4O2S2. The molecule has 2 aliphatic heterocycles. The SMILES string of the molecule is O=C(O)C1=CSC(C2CCCCC2)(C2CCN(C(=S)Cn3nc(C(F)F)cc3C(F)F)CC2)N1. The highest BCUT2D eigenvalue weighted by molar-refractivity contribution is 8.03. The fourth-order valence-electron chi connectivity index (χ4n) is 5.44. The molecule has 2 N–H and O–H groups in total. The van der Waals surface area contributed by atoms with Crippen LogP contribution in [0, 0.1) is 11.8 Å². The van der Waals surface area contributed by atoms with E-state index in [1.54, 1.807) is 17.2 Å². The van der Waals surface area contributed by atoms with E-state index in [2.05, 4.69) is 10.4 Å². The average Bonchev–Trinajstić information content (AvgIpc) is 3.46.